The zero-order valence-corrected chi connectivity index (χ0v) is 15.9. The number of hydrogen-bond acceptors (Lipinski definition) is 7. The van der Waals surface area contributed by atoms with Crippen molar-refractivity contribution in [1.29, 1.82) is 5.26 Å². The van der Waals surface area contributed by atoms with E-state index in [-0.39, 0.29) is 5.82 Å². The van der Waals surface area contributed by atoms with Gasteiger partial charge in [-0.1, -0.05) is 11.8 Å². The molecule has 26 heavy (non-hydrogen) atoms. The predicted molar refractivity (Wildman–Crippen MR) is 103 cm³/mol. The molecule has 0 unspecified atom stereocenters. The summed E-state index contributed by atoms with van der Waals surface area (Å²) in [6.07, 6.45) is 5.32. The molecule has 0 fully saturated rings. The molecule has 3 aromatic heterocycles. The maximum atomic E-state index is 9.54. The molecule has 7 nitrogen and oxygen atoms in total. The molecule has 0 amide bonds. The van der Waals surface area contributed by atoms with Gasteiger partial charge >= 0.3 is 0 Å². The van der Waals surface area contributed by atoms with Gasteiger partial charge in [0.05, 0.1) is 11.4 Å². The van der Waals surface area contributed by atoms with Crippen LogP contribution in [0.2, 0.25) is 0 Å². The molecule has 0 radical (unpaired) electrons. The summed E-state index contributed by atoms with van der Waals surface area (Å²) in [5.41, 5.74) is 11.3. The zero-order valence-electron chi connectivity index (χ0n) is 15.1. The molecule has 2 N–H and O–H groups in total. The standard InChI is InChI=1S/C18H19N7S/c1-5-25-11(3)16(10(2)24-25)15-6-13(14(7-19)17(20)23-15)12-8-21-18(26-4)22-9-12/h6,8-9H,5H2,1-4H3,(H2,20,23). The number of anilines is 1. The third-order valence-electron chi connectivity index (χ3n) is 4.22. The first-order chi connectivity index (χ1) is 12.5. The summed E-state index contributed by atoms with van der Waals surface area (Å²) in [6, 6.07) is 4.01. The Morgan fingerprint density at radius 2 is 1.96 bits per heavy atom. The molecular weight excluding hydrogens is 346 g/mol. The van der Waals surface area contributed by atoms with Crippen molar-refractivity contribution in [2.24, 2.45) is 0 Å². The number of thioether (sulfide) groups is 1. The minimum atomic E-state index is 0.192. The number of nitrogens with two attached hydrogens (primary N) is 1. The van der Waals surface area contributed by atoms with Gasteiger partial charge < -0.3 is 5.73 Å². The molecule has 0 aliphatic heterocycles. The molecule has 0 saturated heterocycles. The molecule has 0 aromatic carbocycles. The molecule has 0 bridgehead atoms. The monoisotopic (exact) mass is 365 g/mol. The van der Waals surface area contributed by atoms with Gasteiger partial charge in [0.2, 0.25) is 0 Å². The fourth-order valence-electron chi connectivity index (χ4n) is 2.97. The summed E-state index contributed by atoms with van der Waals surface area (Å²) in [5.74, 6) is 0.192. The van der Waals surface area contributed by atoms with Crippen LogP contribution in [-0.2, 0) is 6.54 Å². The second-order valence-electron chi connectivity index (χ2n) is 5.75. The normalized spacial score (nSPS) is 10.7. The summed E-state index contributed by atoms with van der Waals surface area (Å²) in [7, 11) is 0. The quantitative estimate of drug-likeness (QED) is 0.559. The number of nitrogen functional groups attached to an aromatic ring is 1. The molecule has 0 aliphatic carbocycles. The smallest absolute Gasteiger partial charge is 0.187 e. The fraction of sp³-hybridized carbons (Fsp3) is 0.278. The number of pyridine rings is 1. The van der Waals surface area contributed by atoms with Gasteiger partial charge in [0.1, 0.15) is 17.5 Å². The molecule has 3 heterocycles. The summed E-state index contributed by atoms with van der Waals surface area (Å²) >= 11 is 1.46. The van der Waals surface area contributed by atoms with Gasteiger partial charge in [0.15, 0.2) is 5.16 Å². The summed E-state index contributed by atoms with van der Waals surface area (Å²) in [4.78, 5) is 13.1. The highest BCUT2D eigenvalue weighted by molar-refractivity contribution is 7.98. The lowest BCUT2D eigenvalue weighted by atomic mass is 10.00. The van der Waals surface area contributed by atoms with E-state index in [1.165, 1.54) is 11.8 Å². The van der Waals surface area contributed by atoms with E-state index in [4.69, 9.17) is 5.73 Å². The maximum absolute atomic E-state index is 9.54. The van der Waals surface area contributed by atoms with Crippen LogP contribution in [0.15, 0.2) is 23.6 Å². The van der Waals surface area contributed by atoms with Gasteiger partial charge in [-0.2, -0.15) is 10.4 Å². The number of rotatable bonds is 4. The van der Waals surface area contributed by atoms with E-state index in [9.17, 15) is 5.26 Å². The van der Waals surface area contributed by atoms with Gasteiger partial charge in [0, 0.05) is 41.3 Å². The first-order valence-corrected chi connectivity index (χ1v) is 9.34. The van der Waals surface area contributed by atoms with Gasteiger partial charge in [-0.3, -0.25) is 4.68 Å². The Morgan fingerprint density at radius 3 is 2.50 bits per heavy atom. The van der Waals surface area contributed by atoms with Crippen LogP contribution >= 0.6 is 11.8 Å². The summed E-state index contributed by atoms with van der Waals surface area (Å²) < 4.78 is 1.93. The molecule has 8 heteroatoms. The van der Waals surface area contributed by atoms with Crippen LogP contribution in [0.5, 0.6) is 0 Å². The second kappa shape index (κ2) is 7.14. The largest absolute Gasteiger partial charge is 0.383 e. The lowest BCUT2D eigenvalue weighted by Gasteiger charge is -2.10. The lowest BCUT2D eigenvalue weighted by Crippen LogP contribution is -2.02. The van der Waals surface area contributed by atoms with E-state index in [2.05, 4.69) is 26.1 Å². The van der Waals surface area contributed by atoms with Crippen molar-refractivity contribution in [1.82, 2.24) is 24.7 Å². The highest BCUT2D eigenvalue weighted by atomic mass is 32.2. The molecule has 3 rings (SSSR count). The summed E-state index contributed by atoms with van der Waals surface area (Å²) in [6.45, 7) is 6.76. The van der Waals surface area contributed by atoms with Crippen LogP contribution in [0.3, 0.4) is 0 Å². The van der Waals surface area contributed by atoms with Crippen molar-refractivity contribution >= 4 is 17.6 Å². The van der Waals surface area contributed by atoms with Crippen molar-refractivity contribution in [3.05, 3.63) is 35.4 Å². The van der Waals surface area contributed by atoms with E-state index in [0.29, 0.717) is 22.0 Å². The van der Waals surface area contributed by atoms with Crippen molar-refractivity contribution in [3.63, 3.8) is 0 Å². The van der Waals surface area contributed by atoms with Crippen LogP contribution < -0.4 is 5.73 Å². The van der Waals surface area contributed by atoms with Crippen LogP contribution in [0, 0.1) is 25.2 Å². The van der Waals surface area contributed by atoms with E-state index in [0.717, 1.165) is 29.1 Å². The first kappa shape index (κ1) is 17.9. The molecule has 132 valence electrons. The van der Waals surface area contributed by atoms with E-state index in [1.807, 2.05) is 37.8 Å². The summed E-state index contributed by atoms with van der Waals surface area (Å²) in [5, 5.41) is 14.8. The van der Waals surface area contributed by atoms with Gasteiger partial charge in [0.25, 0.3) is 0 Å². The molecule has 0 spiro atoms. The van der Waals surface area contributed by atoms with E-state index >= 15 is 0 Å². The van der Waals surface area contributed by atoms with Crippen molar-refractivity contribution < 1.29 is 0 Å². The first-order valence-electron chi connectivity index (χ1n) is 8.11. The van der Waals surface area contributed by atoms with Crippen LogP contribution in [-0.4, -0.2) is 31.0 Å². The van der Waals surface area contributed by atoms with Gasteiger partial charge in [-0.25, -0.2) is 15.0 Å². The number of hydrogen-bond donors (Lipinski definition) is 1. The average molecular weight is 365 g/mol. The van der Waals surface area contributed by atoms with E-state index < -0.39 is 0 Å². The van der Waals surface area contributed by atoms with Crippen LogP contribution in [0.1, 0.15) is 23.9 Å². The van der Waals surface area contributed by atoms with Gasteiger partial charge in [-0.15, -0.1) is 0 Å². The number of aromatic nitrogens is 5. The van der Waals surface area contributed by atoms with Gasteiger partial charge in [-0.05, 0) is 33.1 Å². The predicted octanol–water partition coefficient (Wildman–Crippen LogP) is 3.21. The molecule has 0 atom stereocenters. The Morgan fingerprint density at radius 1 is 1.27 bits per heavy atom. The number of nitrogens with zero attached hydrogens (tertiary/aromatic N) is 6. The van der Waals surface area contributed by atoms with Crippen molar-refractivity contribution in [2.45, 2.75) is 32.5 Å². The SMILES string of the molecule is CCn1nc(C)c(-c2cc(-c3cnc(SC)nc3)c(C#N)c(N)n2)c1C. The maximum Gasteiger partial charge on any atom is 0.187 e. The number of nitriles is 1. The third-order valence-corrected chi connectivity index (χ3v) is 4.79. The third kappa shape index (κ3) is 3.02. The second-order valence-corrected chi connectivity index (χ2v) is 6.52. The van der Waals surface area contributed by atoms with Crippen molar-refractivity contribution in [2.75, 3.05) is 12.0 Å². The van der Waals surface area contributed by atoms with Crippen LogP contribution in [0.25, 0.3) is 22.4 Å². The molecule has 3 aromatic rings. The Balaban J connectivity index is 2.23. The molecule has 0 saturated carbocycles. The Labute approximate surface area is 156 Å². The minimum Gasteiger partial charge on any atom is -0.383 e. The molecular formula is C18H19N7S. The number of aryl methyl sites for hydroxylation is 2. The lowest BCUT2D eigenvalue weighted by molar-refractivity contribution is 0.634. The van der Waals surface area contributed by atoms with Crippen LogP contribution in [0.4, 0.5) is 5.82 Å². The zero-order chi connectivity index (χ0) is 18.8. The highest BCUT2D eigenvalue weighted by Crippen LogP contribution is 2.33. The highest BCUT2D eigenvalue weighted by Gasteiger charge is 2.19. The van der Waals surface area contributed by atoms with E-state index in [1.54, 1.807) is 12.4 Å². The van der Waals surface area contributed by atoms with Crippen molar-refractivity contribution in [3.8, 4) is 28.5 Å². The molecule has 0 aliphatic rings. The Bertz CT molecular complexity index is 1000. The Kier molecular flexibility index (Phi) is 4.91. The minimum absolute atomic E-state index is 0.192. The topological polar surface area (TPSA) is 106 Å². The fourth-order valence-corrected chi connectivity index (χ4v) is 3.29. The Hall–Kier alpha value is -2.92. The average Bonchev–Trinajstić information content (AvgIpc) is 2.94.